The highest BCUT2D eigenvalue weighted by molar-refractivity contribution is 5.52. The molecule has 3 nitrogen and oxygen atoms in total. The minimum atomic E-state index is -0.565. The normalized spacial score (nSPS) is 12.5. The molecule has 13 heavy (non-hydrogen) atoms. The fourth-order valence-corrected chi connectivity index (χ4v) is 0.861. The predicted octanol–water partition coefficient (Wildman–Crippen LogP) is 1.17. The van der Waals surface area contributed by atoms with E-state index >= 15 is 0 Å². The number of aliphatic hydroxyl groups excluding tert-OH is 1. The van der Waals surface area contributed by atoms with Crippen molar-refractivity contribution in [2.75, 3.05) is 12.3 Å². The first-order chi connectivity index (χ1) is 6.09. The van der Waals surface area contributed by atoms with Crippen LogP contribution in [0.15, 0.2) is 18.2 Å². The molecule has 1 aromatic carbocycles. The highest BCUT2D eigenvalue weighted by Gasteiger charge is 2.03. The van der Waals surface area contributed by atoms with Crippen molar-refractivity contribution in [3.8, 4) is 5.75 Å². The van der Waals surface area contributed by atoms with Crippen LogP contribution < -0.4 is 10.5 Å². The third-order valence-corrected chi connectivity index (χ3v) is 1.45. The van der Waals surface area contributed by atoms with E-state index in [0.717, 1.165) is 0 Å². The van der Waals surface area contributed by atoms with Gasteiger partial charge in [0.05, 0.1) is 11.8 Å². The van der Waals surface area contributed by atoms with Crippen LogP contribution in [-0.4, -0.2) is 17.8 Å². The maximum atomic E-state index is 12.6. The van der Waals surface area contributed by atoms with E-state index in [9.17, 15) is 4.39 Å². The summed E-state index contributed by atoms with van der Waals surface area (Å²) in [5.41, 5.74) is 5.70. The standard InChI is InChI=1S/C9H12FNO2/c1-6(12)5-13-9-3-2-7(10)4-8(9)11/h2-4,6,12H,5,11H2,1H3. The maximum Gasteiger partial charge on any atom is 0.142 e. The van der Waals surface area contributed by atoms with Gasteiger partial charge in [-0.2, -0.15) is 0 Å². The summed E-state index contributed by atoms with van der Waals surface area (Å²) in [7, 11) is 0. The summed E-state index contributed by atoms with van der Waals surface area (Å²) >= 11 is 0. The quantitative estimate of drug-likeness (QED) is 0.695. The number of hydrogen-bond acceptors (Lipinski definition) is 3. The molecule has 0 amide bonds. The number of hydrogen-bond donors (Lipinski definition) is 2. The van der Waals surface area contributed by atoms with Crippen molar-refractivity contribution in [2.45, 2.75) is 13.0 Å². The molecule has 0 bridgehead atoms. The Bertz CT molecular complexity index is 289. The molecule has 0 aliphatic heterocycles. The summed E-state index contributed by atoms with van der Waals surface area (Å²) < 4.78 is 17.7. The van der Waals surface area contributed by atoms with Crippen molar-refractivity contribution in [3.05, 3.63) is 24.0 Å². The third-order valence-electron chi connectivity index (χ3n) is 1.45. The van der Waals surface area contributed by atoms with E-state index in [4.69, 9.17) is 15.6 Å². The zero-order valence-corrected chi connectivity index (χ0v) is 7.33. The zero-order chi connectivity index (χ0) is 9.84. The number of ether oxygens (including phenoxy) is 1. The third kappa shape index (κ3) is 2.91. The summed E-state index contributed by atoms with van der Waals surface area (Å²) in [6.45, 7) is 1.75. The molecule has 72 valence electrons. The molecule has 0 saturated carbocycles. The molecule has 0 saturated heterocycles. The Balaban J connectivity index is 2.67. The van der Waals surface area contributed by atoms with E-state index in [1.54, 1.807) is 6.92 Å². The van der Waals surface area contributed by atoms with Gasteiger partial charge in [-0.1, -0.05) is 0 Å². The van der Waals surface area contributed by atoms with Gasteiger partial charge < -0.3 is 15.6 Å². The second-order valence-electron chi connectivity index (χ2n) is 2.84. The average molecular weight is 185 g/mol. The van der Waals surface area contributed by atoms with E-state index in [2.05, 4.69) is 0 Å². The molecule has 3 N–H and O–H groups in total. The van der Waals surface area contributed by atoms with Crippen LogP contribution in [0.3, 0.4) is 0 Å². The van der Waals surface area contributed by atoms with Crippen molar-refractivity contribution in [1.29, 1.82) is 0 Å². The van der Waals surface area contributed by atoms with Crippen LogP contribution in [0.2, 0.25) is 0 Å². The van der Waals surface area contributed by atoms with Crippen LogP contribution in [0.5, 0.6) is 5.75 Å². The predicted molar refractivity (Wildman–Crippen MR) is 48.0 cm³/mol. The van der Waals surface area contributed by atoms with Crippen LogP contribution in [0.4, 0.5) is 10.1 Å². The first-order valence-electron chi connectivity index (χ1n) is 3.95. The number of benzene rings is 1. The minimum absolute atomic E-state index is 0.149. The maximum absolute atomic E-state index is 12.6. The Kier molecular flexibility index (Phi) is 3.08. The Hall–Kier alpha value is -1.29. The smallest absolute Gasteiger partial charge is 0.142 e. The number of nitrogens with two attached hydrogens (primary N) is 1. The van der Waals surface area contributed by atoms with E-state index in [1.807, 2.05) is 0 Å². The largest absolute Gasteiger partial charge is 0.489 e. The molecule has 0 spiro atoms. The molecular weight excluding hydrogens is 173 g/mol. The minimum Gasteiger partial charge on any atom is -0.489 e. The van der Waals surface area contributed by atoms with Crippen LogP contribution in [0.25, 0.3) is 0 Å². The van der Waals surface area contributed by atoms with Gasteiger partial charge in [-0.15, -0.1) is 0 Å². The molecule has 1 atom stereocenters. The molecule has 0 aliphatic carbocycles. The molecule has 0 aliphatic rings. The summed E-state index contributed by atoms with van der Waals surface area (Å²) in [4.78, 5) is 0. The first-order valence-corrected chi connectivity index (χ1v) is 3.95. The summed E-state index contributed by atoms with van der Waals surface area (Å²) in [5, 5.41) is 8.92. The number of halogens is 1. The molecule has 1 rings (SSSR count). The number of anilines is 1. The average Bonchev–Trinajstić information content (AvgIpc) is 2.02. The van der Waals surface area contributed by atoms with Crippen molar-refractivity contribution in [3.63, 3.8) is 0 Å². The Morgan fingerprint density at radius 1 is 1.62 bits per heavy atom. The second kappa shape index (κ2) is 4.09. The van der Waals surface area contributed by atoms with Crippen LogP contribution in [0.1, 0.15) is 6.92 Å². The van der Waals surface area contributed by atoms with Gasteiger partial charge in [0, 0.05) is 6.07 Å². The fraction of sp³-hybridized carbons (Fsp3) is 0.333. The molecule has 0 heterocycles. The topological polar surface area (TPSA) is 55.5 Å². The molecule has 0 radical (unpaired) electrons. The molecule has 1 unspecified atom stereocenters. The van der Waals surface area contributed by atoms with Crippen LogP contribution in [0, 0.1) is 5.82 Å². The fourth-order valence-electron chi connectivity index (χ4n) is 0.861. The Morgan fingerprint density at radius 2 is 2.31 bits per heavy atom. The van der Waals surface area contributed by atoms with Gasteiger partial charge >= 0.3 is 0 Å². The van der Waals surface area contributed by atoms with E-state index < -0.39 is 11.9 Å². The lowest BCUT2D eigenvalue weighted by atomic mass is 10.3. The lowest BCUT2D eigenvalue weighted by Crippen LogP contribution is -2.13. The summed E-state index contributed by atoms with van der Waals surface area (Å²) in [6, 6.07) is 3.87. The highest BCUT2D eigenvalue weighted by Crippen LogP contribution is 2.21. The summed E-state index contributed by atoms with van der Waals surface area (Å²) in [6.07, 6.45) is -0.565. The second-order valence-corrected chi connectivity index (χ2v) is 2.84. The van der Waals surface area contributed by atoms with Crippen LogP contribution in [-0.2, 0) is 0 Å². The Morgan fingerprint density at radius 3 is 2.85 bits per heavy atom. The number of rotatable bonds is 3. The van der Waals surface area contributed by atoms with Crippen molar-refractivity contribution in [2.24, 2.45) is 0 Å². The van der Waals surface area contributed by atoms with Gasteiger partial charge in [0.25, 0.3) is 0 Å². The van der Waals surface area contributed by atoms with Gasteiger partial charge in [0.1, 0.15) is 18.2 Å². The lowest BCUT2D eigenvalue weighted by molar-refractivity contribution is 0.123. The van der Waals surface area contributed by atoms with Crippen molar-refractivity contribution in [1.82, 2.24) is 0 Å². The molecular formula is C9H12FNO2. The number of aliphatic hydroxyl groups is 1. The van der Waals surface area contributed by atoms with Crippen molar-refractivity contribution < 1.29 is 14.2 Å². The zero-order valence-electron chi connectivity index (χ0n) is 7.33. The van der Waals surface area contributed by atoms with E-state index in [-0.39, 0.29) is 12.3 Å². The molecule has 0 aromatic heterocycles. The molecule has 0 fully saturated rings. The first kappa shape index (κ1) is 9.80. The number of nitrogen functional groups attached to an aromatic ring is 1. The van der Waals surface area contributed by atoms with Gasteiger partial charge in [0.15, 0.2) is 0 Å². The van der Waals surface area contributed by atoms with E-state index in [0.29, 0.717) is 5.75 Å². The van der Waals surface area contributed by atoms with Gasteiger partial charge in [-0.3, -0.25) is 0 Å². The lowest BCUT2D eigenvalue weighted by Gasteiger charge is -2.09. The van der Waals surface area contributed by atoms with Crippen LogP contribution >= 0.6 is 0 Å². The van der Waals surface area contributed by atoms with Crippen molar-refractivity contribution >= 4 is 5.69 Å². The SMILES string of the molecule is CC(O)COc1ccc(F)cc1N. The molecule has 4 heteroatoms. The highest BCUT2D eigenvalue weighted by atomic mass is 19.1. The summed E-state index contributed by atoms with van der Waals surface area (Å²) in [5.74, 6) is -0.0100. The van der Waals surface area contributed by atoms with Gasteiger partial charge in [0.2, 0.25) is 0 Å². The van der Waals surface area contributed by atoms with E-state index in [1.165, 1.54) is 18.2 Å². The van der Waals surface area contributed by atoms with Gasteiger partial charge in [-0.25, -0.2) is 4.39 Å². The Labute approximate surface area is 75.9 Å². The monoisotopic (exact) mass is 185 g/mol. The van der Waals surface area contributed by atoms with Gasteiger partial charge in [-0.05, 0) is 19.1 Å². The molecule has 1 aromatic rings.